The summed E-state index contributed by atoms with van der Waals surface area (Å²) in [6.07, 6.45) is 2.26. The number of nitrogens with zero attached hydrogens (tertiary/aromatic N) is 2. The van der Waals surface area contributed by atoms with Crippen LogP contribution in [0.5, 0.6) is 0 Å². The summed E-state index contributed by atoms with van der Waals surface area (Å²) in [6.45, 7) is 5.13. The van der Waals surface area contributed by atoms with Crippen LogP contribution >= 0.6 is 0 Å². The molecule has 3 aromatic rings. The van der Waals surface area contributed by atoms with Crippen LogP contribution in [0, 0.1) is 6.92 Å². The second kappa shape index (κ2) is 9.54. The third-order valence-electron chi connectivity index (χ3n) is 5.99. The molecule has 1 aliphatic heterocycles. The summed E-state index contributed by atoms with van der Waals surface area (Å²) in [5.41, 5.74) is 4.81. The molecular formula is C25H30N4O3. The Morgan fingerprint density at radius 1 is 1.16 bits per heavy atom. The van der Waals surface area contributed by atoms with Gasteiger partial charge in [-0.25, -0.2) is 0 Å². The van der Waals surface area contributed by atoms with E-state index in [-0.39, 0.29) is 18.1 Å². The van der Waals surface area contributed by atoms with Crippen molar-refractivity contribution in [3.63, 3.8) is 0 Å². The van der Waals surface area contributed by atoms with Crippen LogP contribution < -0.4 is 15.8 Å². The second-order valence-corrected chi connectivity index (χ2v) is 8.54. The maximum Gasteiger partial charge on any atom is 0.257 e. The normalized spacial score (nSPS) is 13.8. The highest BCUT2D eigenvalue weighted by Crippen LogP contribution is 2.28. The average molecular weight is 435 g/mol. The summed E-state index contributed by atoms with van der Waals surface area (Å²) in [7, 11) is 1.95. The van der Waals surface area contributed by atoms with Crippen LogP contribution in [0.15, 0.2) is 47.3 Å². The number of pyridine rings is 1. The predicted octanol–water partition coefficient (Wildman–Crippen LogP) is 3.11. The van der Waals surface area contributed by atoms with Gasteiger partial charge in [0.1, 0.15) is 0 Å². The minimum absolute atomic E-state index is 0.0996. The van der Waals surface area contributed by atoms with Gasteiger partial charge < -0.3 is 20.3 Å². The molecule has 7 heteroatoms. The Morgan fingerprint density at radius 2 is 1.94 bits per heavy atom. The maximum absolute atomic E-state index is 13.4. The lowest BCUT2D eigenvalue weighted by molar-refractivity contribution is 0.102. The first-order valence-corrected chi connectivity index (χ1v) is 11.1. The van der Waals surface area contributed by atoms with Crippen molar-refractivity contribution in [2.24, 2.45) is 0 Å². The van der Waals surface area contributed by atoms with Crippen LogP contribution in [0.4, 0.5) is 11.4 Å². The Kier molecular flexibility index (Phi) is 6.58. The highest BCUT2D eigenvalue weighted by molar-refractivity contribution is 6.09. The van der Waals surface area contributed by atoms with E-state index in [1.165, 1.54) is 0 Å². The van der Waals surface area contributed by atoms with E-state index in [0.717, 1.165) is 53.6 Å². The summed E-state index contributed by atoms with van der Waals surface area (Å²) >= 11 is 0. The third kappa shape index (κ3) is 4.84. The smallest absolute Gasteiger partial charge is 0.257 e. The molecule has 1 amide bonds. The average Bonchev–Trinajstić information content (AvgIpc) is 3.29. The fourth-order valence-corrected chi connectivity index (χ4v) is 4.36. The standard InChI is InChI=1S/C25H30N4O3/c1-17-13-24(31)27-22-7-6-19(15-20(17)22)26-25(32)21-14-18(16-28(2)11-12-30)5-8-23(21)29-9-3-4-10-29/h5-8,13-15,30H,3-4,9-12,16H2,1-2H3,(H,26,32)(H,27,31). The molecule has 1 aromatic heterocycles. The minimum atomic E-state index is -0.153. The Hall–Kier alpha value is -3.16. The van der Waals surface area contributed by atoms with Crippen LogP contribution in [0.1, 0.15) is 34.3 Å². The number of hydrogen-bond donors (Lipinski definition) is 3. The predicted molar refractivity (Wildman–Crippen MR) is 129 cm³/mol. The lowest BCUT2D eigenvalue weighted by atomic mass is 10.1. The van der Waals surface area contributed by atoms with Crippen LogP contribution in [0.25, 0.3) is 10.9 Å². The van der Waals surface area contributed by atoms with Crippen LogP contribution in [-0.4, -0.2) is 54.2 Å². The van der Waals surface area contributed by atoms with Crippen molar-refractivity contribution in [2.75, 3.05) is 43.5 Å². The summed E-state index contributed by atoms with van der Waals surface area (Å²) in [6, 6.07) is 13.1. The molecule has 1 fully saturated rings. The molecule has 168 valence electrons. The van der Waals surface area contributed by atoms with E-state index < -0.39 is 0 Å². The third-order valence-corrected chi connectivity index (χ3v) is 5.99. The number of likely N-dealkylation sites (N-methyl/N-ethyl adjacent to an activating group) is 1. The van der Waals surface area contributed by atoms with Crippen LogP contribution in [0.2, 0.25) is 0 Å². The number of nitrogens with one attached hydrogen (secondary N) is 2. The number of H-pyrrole nitrogens is 1. The Labute approximate surface area is 187 Å². The number of aliphatic hydroxyl groups excluding tert-OH is 1. The zero-order valence-electron chi connectivity index (χ0n) is 18.6. The maximum atomic E-state index is 13.4. The van der Waals surface area contributed by atoms with Gasteiger partial charge in [-0.15, -0.1) is 0 Å². The summed E-state index contributed by atoms with van der Waals surface area (Å²) in [5.74, 6) is -0.153. The van der Waals surface area contributed by atoms with Gasteiger partial charge in [-0.05, 0) is 68.3 Å². The minimum Gasteiger partial charge on any atom is -0.395 e. The summed E-state index contributed by atoms with van der Waals surface area (Å²) in [5, 5.41) is 13.1. The molecule has 1 aliphatic rings. The van der Waals surface area contributed by atoms with Gasteiger partial charge in [0.2, 0.25) is 5.56 Å². The number of carbonyl (C=O) groups excluding carboxylic acids is 1. The molecule has 3 N–H and O–H groups in total. The molecule has 0 aliphatic carbocycles. The molecule has 0 unspecified atom stereocenters. The highest BCUT2D eigenvalue weighted by atomic mass is 16.3. The summed E-state index contributed by atoms with van der Waals surface area (Å²) in [4.78, 5) is 32.2. The number of rotatable bonds is 7. The molecular weight excluding hydrogens is 404 g/mol. The Balaban J connectivity index is 1.64. The van der Waals surface area contributed by atoms with Gasteiger partial charge in [-0.2, -0.15) is 0 Å². The van der Waals surface area contributed by atoms with Gasteiger partial charge >= 0.3 is 0 Å². The van der Waals surface area contributed by atoms with Gasteiger partial charge in [0.25, 0.3) is 5.91 Å². The molecule has 32 heavy (non-hydrogen) atoms. The zero-order valence-corrected chi connectivity index (χ0v) is 18.6. The molecule has 0 saturated carbocycles. The number of aromatic amines is 1. The van der Waals surface area contributed by atoms with Gasteiger partial charge in [0.15, 0.2) is 0 Å². The Morgan fingerprint density at radius 3 is 2.69 bits per heavy atom. The molecule has 2 aromatic carbocycles. The van der Waals surface area contributed by atoms with Gasteiger partial charge in [0.05, 0.1) is 12.2 Å². The first kappa shape index (κ1) is 22.0. The van der Waals surface area contributed by atoms with Crippen molar-refractivity contribution in [2.45, 2.75) is 26.3 Å². The lowest BCUT2D eigenvalue weighted by Gasteiger charge is -2.23. The molecule has 0 bridgehead atoms. The molecule has 0 spiro atoms. The number of benzene rings is 2. The van der Waals surface area contributed by atoms with Crippen molar-refractivity contribution in [1.29, 1.82) is 0 Å². The van der Waals surface area contributed by atoms with Crippen molar-refractivity contribution in [1.82, 2.24) is 9.88 Å². The van der Waals surface area contributed by atoms with Gasteiger partial charge in [-0.1, -0.05) is 6.07 Å². The van der Waals surface area contributed by atoms with E-state index >= 15 is 0 Å². The molecule has 7 nitrogen and oxygen atoms in total. The number of aryl methyl sites for hydroxylation is 1. The number of carbonyl (C=O) groups is 1. The van der Waals surface area contributed by atoms with E-state index in [1.807, 2.05) is 49.2 Å². The Bertz CT molecular complexity index is 1180. The zero-order chi connectivity index (χ0) is 22.7. The number of fused-ring (bicyclic) bond motifs is 1. The molecule has 4 rings (SSSR count). The van der Waals surface area contributed by atoms with E-state index in [9.17, 15) is 14.7 Å². The number of aromatic nitrogens is 1. The summed E-state index contributed by atoms with van der Waals surface area (Å²) < 4.78 is 0. The topological polar surface area (TPSA) is 88.7 Å². The SMILES string of the molecule is Cc1cc(=O)[nH]c2ccc(NC(=O)c3cc(CN(C)CCO)ccc3N3CCCC3)cc12. The number of anilines is 2. The quantitative estimate of drug-likeness (QED) is 0.532. The first-order valence-electron chi connectivity index (χ1n) is 11.1. The number of amides is 1. The molecule has 0 atom stereocenters. The van der Waals surface area contributed by atoms with Crippen molar-refractivity contribution >= 4 is 28.2 Å². The first-order chi connectivity index (χ1) is 15.4. The second-order valence-electron chi connectivity index (χ2n) is 8.54. The molecule has 2 heterocycles. The van der Waals surface area contributed by atoms with Crippen molar-refractivity contribution in [3.05, 3.63) is 69.5 Å². The number of hydrogen-bond acceptors (Lipinski definition) is 5. The van der Waals surface area contributed by atoms with E-state index in [1.54, 1.807) is 6.07 Å². The van der Waals surface area contributed by atoms with E-state index in [0.29, 0.717) is 24.3 Å². The van der Waals surface area contributed by atoms with Gasteiger partial charge in [0, 0.05) is 54.5 Å². The van der Waals surface area contributed by atoms with Gasteiger partial charge in [-0.3, -0.25) is 14.5 Å². The van der Waals surface area contributed by atoms with E-state index in [4.69, 9.17) is 0 Å². The fraction of sp³-hybridized carbons (Fsp3) is 0.360. The van der Waals surface area contributed by atoms with Crippen LogP contribution in [-0.2, 0) is 6.54 Å². The largest absolute Gasteiger partial charge is 0.395 e. The van der Waals surface area contributed by atoms with Crippen molar-refractivity contribution < 1.29 is 9.90 Å². The van der Waals surface area contributed by atoms with Crippen LogP contribution in [0.3, 0.4) is 0 Å². The molecule has 1 saturated heterocycles. The van der Waals surface area contributed by atoms with E-state index in [2.05, 4.69) is 21.3 Å². The van der Waals surface area contributed by atoms with Crippen molar-refractivity contribution in [3.8, 4) is 0 Å². The fourth-order valence-electron chi connectivity index (χ4n) is 4.36. The lowest BCUT2D eigenvalue weighted by Crippen LogP contribution is -2.24. The highest BCUT2D eigenvalue weighted by Gasteiger charge is 2.20. The monoisotopic (exact) mass is 434 g/mol. The molecule has 0 radical (unpaired) electrons. The number of aliphatic hydroxyl groups is 1.